The fourth-order valence-corrected chi connectivity index (χ4v) is 6.25. The molecule has 1 aromatic heterocycles. The molecule has 0 radical (unpaired) electrons. The molecule has 0 aliphatic heterocycles. The molecule has 9 nitrogen and oxygen atoms in total. The Balaban J connectivity index is 1.60. The molecular formula is C29H28Cl2N4O5S. The molecule has 3 aromatic carbocycles. The van der Waals surface area contributed by atoms with E-state index in [2.05, 4.69) is 10.5 Å². The Labute approximate surface area is 249 Å². The number of aryl methyl sites for hydroxylation is 1. The van der Waals surface area contributed by atoms with E-state index in [4.69, 9.17) is 32.7 Å². The van der Waals surface area contributed by atoms with E-state index in [1.165, 1.54) is 38.6 Å². The van der Waals surface area contributed by atoms with Gasteiger partial charge < -0.3 is 14.0 Å². The van der Waals surface area contributed by atoms with Crippen LogP contribution in [0.25, 0.3) is 5.69 Å². The number of rotatable bonds is 10. The van der Waals surface area contributed by atoms with Gasteiger partial charge in [-0.1, -0.05) is 41.4 Å². The summed E-state index contributed by atoms with van der Waals surface area (Å²) in [4.78, 5) is 13.1. The minimum Gasteiger partial charge on any atom is -0.497 e. The lowest BCUT2D eigenvalue weighted by molar-refractivity contribution is -0.119. The largest absolute Gasteiger partial charge is 0.497 e. The molecule has 0 saturated heterocycles. The lowest BCUT2D eigenvalue weighted by Gasteiger charge is -2.25. The standard InChI is InChI=1S/C29H28Cl2N4O5S/c1-19-14-21(20(2)35(19)26-12-10-22(30)15-25(26)31)17-32-33-29(36)18-34(41(37,38)24-8-6-5-7-9-24)27-13-11-23(39-3)16-28(27)40-4/h5-17H,18H2,1-4H3,(H,33,36)/b32-17-. The number of aromatic nitrogens is 1. The SMILES string of the molecule is COc1ccc(N(CC(=O)N/N=C\c2cc(C)n(-c3ccc(Cl)cc3Cl)c2C)S(=O)(=O)c2ccccc2)c(OC)c1. The summed E-state index contributed by atoms with van der Waals surface area (Å²) in [6.07, 6.45) is 1.49. The number of hydrogen-bond donors (Lipinski definition) is 1. The zero-order valence-corrected chi connectivity index (χ0v) is 25.1. The summed E-state index contributed by atoms with van der Waals surface area (Å²) in [5.41, 5.74) is 5.82. The minimum absolute atomic E-state index is 0.0162. The number of carbonyl (C=O) groups is 1. The lowest BCUT2D eigenvalue weighted by atomic mass is 10.2. The summed E-state index contributed by atoms with van der Waals surface area (Å²) in [5, 5.41) is 5.11. The first-order chi connectivity index (χ1) is 19.6. The first-order valence-electron chi connectivity index (χ1n) is 12.3. The monoisotopic (exact) mass is 614 g/mol. The Kier molecular flexibility index (Phi) is 9.27. The van der Waals surface area contributed by atoms with E-state index < -0.39 is 22.5 Å². The smallest absolute Gasteiger partial charge is 0.264 e. The van der Waals surface area contributed by atoms with E-state index in [0.29, 0.717) is 15.8 Å². The van der Waals surface area contributed by atoms with Crippen LogP contribution in [-0.4, -0.2) is 45.9 Å². The fourth-order valence-electron chi connectivity index (χ4n) is 4.30. The lowest BCUT2D eigenvalue weighted by Crippen LogP contribution is -2.39. The highest BCUT2D eigenvalue weighted by atomic mass is 35.5. The number of nitrogens with zero attached hydrogens (tertiary/aromatic N) is 3. The minimum atomic E-state index is -4.15. The van der Waals surface area contributed by atoms with Crippen molar-refractivity contribution in [1.82, 2.24) is 9.99 Å². The molecule has 1 amide bonds. The number of sulfonamides is 1. The van der Waals surface area contributed by atoms with Crippen molar-refractivity contribution in [3.63, 3.8) is 0 Å². The van der Waals surface area contributed by atoms with Gasteiger partial charge in [0, 0.05) is 28.0 Å². The second kappa shape index (κ2) is 12.7. The van der Waals surface area contributed by atoms with Crippen LogP contribution in [0.1, 0.15) is 17.0 Å². The van der Waals surface area contributed by atoms with Crippen LogP contribution in [0.15, 0.2) is 82.8 Å². The van der Waals surface area contributed by atoms with E-state index >= 15 is 0 Å². The number of hydrogen-bond acceptors (Lipinski definition) is 6. The van der Waals surface area contributed by atoms with Crippen LogP contribution in [0.2, 0.25) is 10.0 Å². The van der Waals surface area contributed by atoms with Gasteiger partial charge in [-0.05, 0) is 62.4 Å². The molecule has 1 N–H and O–H groups in total. The summed E-state index contributed by atoms with van der Waals surface area (Å²) in [5.74, 6) is 0.0239. The van der Waals surface area contributed by atoms with E-state index in [1.807, 2.05) is 30.5 Å². The van der Waals surface area contributed by atoms with Crippen molar-refractivity contribution in [1.29, 1.82) is 0 Å². The number of benzene rings is 3. The first kappa shape index (κ1) is 30.0. The van der Waals surface area contributed by atoms with Crippen molar-refractivity contribution < 1.29 is 22.7 Å². The number of carbonyl (C=O) groups excluding carboxylic acids is 1. The zero-order valence-electron chi connectivity index (χ0n) is 22.8. The number of halogens is 2. The molecule has 0 aliphatic carbocycles. The Hall–Kier alpha value is -3.99. The summed E-state index contributed by atoms with van der Waals surface area (Å²) in [6.45, 7) is 3.25. The molecular weight excluding hydrogens is 587 g/mol. The quantitative estimate of drug-likeness (QED) is 0.181. The zero-order chi connectivity index (χ0) is 29.7. The van der Waals surface area contributed by atoms with Gasteiger partial charge in [0.15, 0.2) is 0 Å². The Morgan fingerprint density at radius 1 is 1.00 bits per heavy atom. The van der Waals surface area contributed by atoms with Gasteiger partial charge in [0.2, 0.25) is 0 Å². The average Bonchev–Trinajstić information content (AvgIpc) is 3.24. The molecule has 0 bridgehead atoms. The van der Waals surface area contributed by atoms with Crippen LogP contribution in [-0.2, 0) is 14.8 Å². The van der Waals surface area contributed by atoms with Crippen molar-refractivity contribution in [2.75, 3.05) is 25.1 Å². The molecule has 4 rings (SSSR count). The normalized spacial score (nSPS) is 11.5. The van der Waals surface area contributed by atoms with Crippen LogP contribution < -0.4 is 19.2 Å². The maximum absolute atomic E-state index is 13.7. The Morgan fingerprint density at radius 3 is 2.39 bits per heavy atom. The number of ether oxygens (including phenoxy) is 2. The maximum Gasteiger partial charge on any atom is 0.264 e. The van der Waals surface area contributed by atoms with Crippen LogP contribution in [0.5, 0.6) is 11.5 Å². The van der Waals surface area contributed by atoms with Crippen LogP contribution in [0.4, 0.5) is 5.69 Å². The van der Waals surface area contributed by atoms with Gasteiger partial charge in [-0.3, -0.25) is 9.10 Å². The van der Waals surface area contributed by atoms with Crippen molar-refractivity contribution in [3.8, 4) is 17.2 Å². The third-order valence-corrected chi connectivity index (χ3v) is 8.60. The second-order valence-corrected chi connectivity index (χ2v) is 11.6. The first-order valence-corrected chi connectivity index (χ1v) is 14.5. The molecule has 0 aliphatic rings. The van der Waals surface area contributed by atoms with E-state index in [9.17, 15) is 13.2 Å². The summed E-state index contributed by atoms with van der Waals surface area (Å²) >= 11 is 12.5. The summed E-state index contributed by atoms with van der Waals surface area (Å²) < 4.78 is 40.9. The predicted octanol–water partition coefficient (Wildman–Crippen LogP) is 5.76. The number of amides is 1. The number of anilines is 1. The Bertz CT molecular complexity index is 1710. The van der Waals surface area contributed by atoms with Crippen molar-refractivity contribution in [3.05, 3.63) is 99.8 Å². The van der Waals surface area contributed by atoms with E-state index in [1.54, 1.807) is 42.5 Å². The van der Waals surface area contributed by atoms with E-state index in [0.717, 1.165) is 26.9 Å². The molecule has 214 valence electrons. The molecule has 41 heavy (non-hydrogen) atoms. The Morgan fingerprint density at radius 2 is 1.73 bits per heavy atom. The molecule has 1 heterocycles. The molecule has 0 atom stereocenters. The number of methoxy groups -OCH3 is 2. The maximum atomic E-state index is 13.7. The van der Waals surface area contributed by atoms with Crippen LogP contribution >= 0.6 is 23.2 Å². The van der Waals surface area contributed by atoms with Crippen molar-refractivity contribution in [2.24, 2.45) is 5.10 Å². The third-order valence-electron chi connectivity index (χ3n) is 6.29. The summed E-state index contributed by atoms with van der Waals surface area (Å²) in [7, 11) is -1.26. The molecule has 0 spiro atoms. The van der Waals surface area contributed by atoms with Gasteiger partial charge in [0.1, 0.15) is 18.0 Å². The highest BCUT2D eigenvalue weighted by Gasteiger charge is 2.29. The molecule has 0 saturated carbocycles. The molecule has 12 heteroatoms. The number of hydrazone groups is 1. The van der Waals surface area contributed by atoms with Crippen LogP contribution in [0, 0.1) is 13.8 Å². The highest BCUT2D eigenvalue weighted by Crippen LogP contribution is 2.35. The topological polar surface area (TPSA) is 102 Å². The molecule has 0 unspecified atom stereocenters. The van der Waals surface area contributed by atoms with E-state index in [-0.39, 0.29) is 16.3 Å². The average molecular weight is 616 g/mol. The van der Waals surface area contributed by atoms with Crippen molar-refractivity contribution in [2.45, 2.75) is 18.7 Å². The predicted molar refractivity (Wildman–Crippen MR) is 162 cm³/mol. The van der Waals surface area contributed by atoms with Crippen LogP contribution in [0.3, 0.4) is 0 Å². The van der Waals surface area contributed by atoms with Gasteiger partial charge in [0.25, 0.3) is 15.9 Å². The third kappa shape index (κ3) is 6.51. The summed E-state index contributed by atoms with van der Waals surface area (Å²) in [6, 6.07) is 19.6. The fraction of sp³-hybridized carbons (Fsp3) is 0.172. The molecule has 4 aromatic rings. The van der Waals surface area contributed by atoms with Gasteiger partial charge in [-0.2, -0.15) is 5.10 Å². The van der Waals surface area contributed by atoms with Gasteiger partial charge in [-0.25, -0.2) is 13.8 Å². The second-order valence-electron chi connectivity index (χ2n) is 8.91. The van der Waals surface area contributed by atoms with Gasteiger partial charge >= 0.3 is 0 Å². The highest BCUT2D eigenvalue weighted by molar-refractivity contribution is 7.92. The number of nitrogens with one attached hydrogen (secondary N) is 1. The van der Waals surface area contributed by atoms with Crippen molar-refractivity contribution >= 4 is 51.0 Å². The van der Waals surface area contributed by atoms with Gasteiger partial charge in [-0.15, -0.1) is 0 Å². The van der Waals surface area contributed by atoms with Gasteiger partial charge in [0.05, 0.1) is 41.7 Å². The molecule has 0 fully saturated rings.